The van der Waals surface area contributed by atoms with Crippen molar-refractivity contribution >= 4 is 28.1 Å². The fourth-order valence-corrected chi connectivity index (χ4v) is 3.52. The highest BCUT2D eigenvalue weighted by Gasteiger charge is 2.17. The number of anilines is 1. The van der Waals surface area contributed by atoms with Crippen LogP contribution in [0.2, 0.25) is 0 Å². The van der Waals surface area contributed by atoms with Crippen LogP contribution in [0.1, 0.15) is 22.3 Å². The van der Waals surface area contributed by atoms with Gasteiger partial charge in [-0.15, -0.1) is 0 Å². The fraction of sp³-hybridized carbons (Fsp3) is 0.150. The summed E-state index contributed by atoms with van der Waals surface area (Å²) >= 11 is 1.37. The summed E-state index contributed by atoms with van der Waals surface area (Å²) in [5.41, 5.74) is 7.67. The van der Waals surface area contributed by atoms with E-state index < -0.39 is 11.4 Å². The van der Waals surface area contributed by atoms with Gasteiger partial charge in [-0.2, -0.15) is 0 Å². The average molecular weight is 397 g/mol. The van der Waals surface area contributed by atoms with Crippen LogP contribution in [-0.4, -0.2) is 9.97 Å². The molecule has 0 radical (unpaired) electrons. The number of halogens is 1. The maximum Gasteiger partial charge on any atom is 0.340 e. The van der Waals surface area contributed by atoms with Gasteiger partial charge in [-0.1, -0.05) is 11.3 Å². The first-order valence-corrected chi connectivity index (χ1v) is 9.35. The Kier molecular flexibility index (Phi) is 4.56. The van der Waals surface area contributed by atoms with E-state index in [1.165, 1.54) is 23.6 Å². The molecule has 0 amide bonds. The van der Waals surface area contributed by atoms with Crippen LogP contribution < -0.4 is 16.1 Å². The number of benzene rings is 1. The molecule has 0 atom stereocenters. The number of aromatic nitrogens is 2. The number of thiazole rings is 1. The second-order valence-electron chi connectivity index (χ2n) is 6.35. The van der Waals surface area contributed by atoms with Gasteiger partial charge in [0.2, 0.25) is 0 Å². The van der Waals surface area contributed by atoms with Gasteiger partial charge in [0.25, 0.3) is 5.19 Å². The molecule has 2 N–H and O–H groups in total. The van der Waals surface area contributed by atoms with Gasteiger partial charge in [0, 0.05) is 41.2 Å². The Balaban J connectivity index is 1.79. The zero-order valence-electron chi connectivity index (χ0n) is 15.2. The summed E-state index contributed by atoms with van der Waals surface area (Å²) in [5.74, 6) is -0.254. The van der Waals surface area contributed by atoms with Crippen molar-refractivity contribution in [1.82, 2.24) is 9.97 Å². The van der Waals surface area contributed by atoms with E-state index >= 15 is 0 Å². The van der Waals surface area contributed by atoms with Crippen molar-refractivity contribution in [3.05, 3.63) is 74.5 Å². The van der Waals surface area contributed by atoms with Gasteiger partial charge in [0.1, 0.15) is 11.3 Å². The standard InChI is InChI=1S/C20H16FN3O3S/c1-10-7-13-11(2)14(8-12-3-4-23-18(22)17(12)21)19(25)26-16(13)9-15(10)27-20-24-5-6-28-20/h3-7,9H,8H2,1-2H3,(H2,22,23). The van der Waals surface area contributed by atoms with Gasteiger partial charge >= 0.3 is 5.63 Å². The summed E-state index contributed by atoms with van der Waals surface area (Å²) in [5, 5.41) is 3.08. The number of fused-ring (bicyclic) bond motifs is 1. The molecule has 0 bridgehead atoms. The molecule has 6 nitrogen and oxygen atoms in total. The van der Waals surface area contributed by atoms with E-state index in [9.17, 15) is 9.18 Å². The third-order valence-corrected chi connectivity index (χ3v) is 5.20. The van der Waals surface area contributed by atoms with Crippen LogP contribution in [0.4, 0.5) is 10.2 Å². The molecule has 0 aliphatic rings. The SMILES string of the molecule is Cc1cc2c(C)c(Cc3ccnc(N)c3F)c(=O)oc2cc1Oc1nccs1. The monoisotopic (exact) mass is 397 g/mol. The number of hydrogen-bond donors (Lipinski definition) is 1. The van der Waals surface area contributed by atoms with Crippen molar-refractivity contribution in [2.45, 2.75) is 20.3 Å². The van der Waals surface area contributed by atoms with Crippen molar-refractivity contribution in [3.8, 4) is 10.9 Å². The third kappa shape index (κ3) is 3.22. The average Bonchev–Trinajstić information content (AvgIpc) is 3.17. The molecule has 1 aromatic carbocycles. The van der Waals surface area contributed by atoms with E-state index in [2.05, 4.69) is 9.97 Å². The Morgan fingerprint density at radius 1 is 1.25 bits per heavy atom. The van der Waals surface area contributed by atoms with Gasteiger partial charge in [-0.25, -0.2) is 19.2 Å². The van der Waals surface area contributed by atoms with E-state index in [1.807, 2.05) is 25.3 Å². The molecule has 8 heteroatoms. The Morgan fingerprint density at radius 2 is 2.07 bits per heavy atom. The molecule has 4 rings (SSSR count). The predicted molar refractivity (Wildman–Crippen MR) is 106 cm³/mol. The molecule has 0 aliphatic carbocycles. The fourth-order valence-electron chi connectivity index (χ4n) is 3.02. The Morgan fingerprint density at radius 3 is 2.82 bits per heavy atom. The molecule has 0 saturated carbocycles. The van der Waals surface area contributed by atoms with E-state index in [1.54, 1.807) is 12.3 Å². The number of aryl methyl sites for hydroxylation is 2. The van der Waals surface area contributed by atoms with Crippen LogP contribution in [0, 0.1) is 19.7 Å². The number of hydrogen-bond acceptors (Lipinski definition) is 7. The van der Waals surface area contributed by atoms with Crippen LogP contribution >= 0.6 is 11.3 Å². The first kappa shape index (κ1) is 18.1. The summed E-state index contributed by atoms with van der Waals surface area (Å²) in [6, 6.07) is 5.07. The Bertz CT molecular complexity index is 1240. The van der Waals surface area contributed by atoms with Gasteiger partial charge in [0.15, 0.2) is 11.6 Å². The molecule has 0 saturated heterocycles. The predicted octanol–water partition coefficient (Wildman–Crippen LogP) is 4.37. The second-order valence-corrected chi connectivity index (χ2v) is 7.21. The van der Waals surface area contributed by atoms with Crippen LogP contribution in [-0.2, 0) is 6.42 Å². The second kappa shape index (κ2) is 7.05. The normalized spacial score (nSPS) is 11.1. The Hall–Kier alpha value is -3.26. The zero-order valence-corrected chi connectivity index (χ0v) is 16.0. The lowest BCUT2D eigenvalue weighted by molar-refractivity contribution is 0.472. The Labute approximate surface area is 163 Å². The number of nitrogen functional groups attached to an aromatic ring is 1. The topological polar surface area (TPSA) is 91.2 Å². The largest absolute Gasteiger partial charge is 0.430 e. The van der Waals surface area contributed by atoms with Crippen LogP contribution in [0.25, 0.3) is 11.0 Å². The number of nitrogens with zero attached hydrogens (tertiary/aromatic N) is 2. The van der Waals surface area contributed by atoms with Gasteiger partial charge in [-0.05, 0) is 42.7 Å². The lowest BCUT2D eigenvalue weighted by atomic mass is 9.98. The molecular formula is C20H16FN3O3S. The number of pyridine rings is 1. The van der Waals surface area contributed by atoms with Crippen molar-refractivity contribution < 1.29 is 13.5 Å². The molecule has 4 aromatic rings. The highest BCUT2D eigenvalue weighted by molar-refractivity contribution is 7.11. The molecule has 28 heavy (non-hydrogen) atoms. The van der Waals surface area contributed by atoms with E-state index in [4.69, 9.17) is 14.9 Å². The summed E-state index contributed by atoms with van der Waals surface area (Å²) in [6.07, 6.45) is 3.13. The number of rotatable bonds is 4. The first-order valence-electron chi connectivity index (χ1n) is 8.47. The van der Waals surface area contributed by atoms with Crippen molar-refractivity contribution in [2.24, 2.45) is 0 Å². The summed E-state index contributed by atoms with van der Waals surface area (Å²) in [6.45, 7) is 3.72. The smallest absolute Gasteiger partial charge is 0.340 e. The maximum atomic E-state index is 14.2. The number of nitrogens with two attached hydrogens (primary N) is 1. The van der Waals surface area contributed by atoms with Crippen LogP contribution in [0.15, 0.2) is 45.2 Å². The highest BCUT2D eigenvalue weighted by atomic mass is 32.1. The molecule has 142 valence electrons. The van der Waals surface area contributed by atoms with Crippen LogP contribution in [0.5, 0.6) is 10.9 Å². The van der Waals surface area contributed by atoms with E-state index in [0.29, 0.717) is 27.7 Å². The van der Waals surface area contributed by atoms with E-state index in [0.717, 1.165) is 16.5 Å². The molecule has 0 spiro atoms. The molecule has 3 aromatic heterocycles. The lowest BCUT2D eigenvalue weighted by Gasteiger charge is -2.12. The quantitative estimate of drug-likeness (QED) is 0.514. The maximum absolute atomic E-state index is 14.2. The molecule has 3 heterocycles. The van der Waals surface area contributed by atoms with Crippen molar-refractivity contribution in [3.63, 3.8) is 0 Å². The van der Waals surface area contributed by atoms with E-state index in [-0.39, 0.29) is 12.2 Å². The summed E-state index contributed by atoms with van der Waals surface area (Å²) in [4.78, 5) is 20.4. The van der Waals surface area contributed by atoms with Gasteiger partial charge in [0.05, 0.1) is 0 Å². The third-order valence-electron chi connectivity index (χ3n) is 4.55. The van der Waals surface area contributed by atoms with Crippen LogP contribution in [0.3, 0.4) is 0 Å². The number of ether oxygens (including phenoxy) is 1. The molecular weight excluding hydrogens is 381 g/mol. The van der Waals surface area contributed by atoms with Crippen molar-refractivity contribution in [1.29, 1.82) is 0 Å². The van der Waals surface area contributed by atoms with Gasteiger partial charge in [-0.3, -0.25) is 0 Å². The zero-order chi connectivity index (χ0) is 19.8. The first-order chi connectivity index (χ1) is 13.4. The van der Waals surface area contributed by atoms with Gasteiger partial charge < -0.3 is 14.9 Å². The summed E-state index contributed by atoms with van der Waals surface area (Å²) in [7, 11) is 0. The molecule has 0 fully saturated rings. The van der Waals surface area contributed by atoms with Crippen molar-refractivity contribution in [2.75, 3.05) is 5.73 Å². The minimum absolute atomic E-state index is 0.0685. The highest BCUT2D eigenvalue weighted by Crippen LogP contribution is 2.32. The molecule has 0 aliphatic heterocycles. The minimum Gasteiger partial charge on any atom is -0.430 e. The lowest BCUT2D eigenvalue weighted by Crippen LogP contribution is -2.12. The minimum atomic E-state index is -0.621. The summed E-state index contributed by atoms with van der Waals surface area (Å²) < 4.78 is 25.5. The molecule has 0 unspecified atom stereocenters.